The van der Waals surface area contributed by atoms with Crippen LogP contribution < -0.4 is 4.74 Å². The molecule has 1 aliphatic heterocycles. The number of carbonyl (C=O) groups is 1. The van der Waals surface area contributed by atoms with Crippen LogP contribution in [0.5, 0.6) is 5.75 Å². The number of hydrogen-bond acceptors (Lipinski definition) is 4. The first kappa shape index (κ1) is 22.4. The number of piperidine rings is 1. The maximum Gasteiger partial charge on any atom is 0.335 e. The maximum atomic E-state index is 11.3. The molecule has 1 fully saturated rings. The summed E-state index contributed by atoms with van der Waals surface area (Å²) in [6.45, 7) is 7.09. The van der Waals surface area contributed by atoms with Crippen LogP contribution in [0.1, 0.15) is 47.2 Å². The van der Waals surface area contributed by atoms with Crippen molar-refractivity contribution in [1.82, 2.24) is 9.47 Å². The number of aromatic carboxylic acids is 1. The summed E-state index contributed by atoms with van der Waals surface area (Å²) in [4.78, 5) is 13.7. The van der Waals surface area contributed by atoms with Gasteiger partial charge in [-0.25, -0.2) is 4.79 Å². The summed E-state index contributed by atoms with van der Waals surface area (Å²) in [7, 11) is 1.71. The Morgan fingerprint density at radius 1 is 1.16 bits per heavy atom. The summed E-state index contributed by atoms with van der Waals surface area (Å²) in [5, 5.41) is 10.5. The van der Waals surface area contributed by atoms with E-state index in [2.05, 4.69) is 27.8 Å². The lowest BCUT2D eigenvalue weighted by atomic mass is 9.89. The molecule has 0 amide bonds. The average molecular weight is 437 g/mol. The van der Waals surface area contributed by atoms with Crippen LogP contribution >= 0.6 is 0 Å². The van der Waals surface area contributed by atoms with Crippen LogP contribution in [0.3, 0.4) is 0 Å². The first-order valence-electron chi connectivity index (χ1n) is 11.4. The molecule has 0 bridgehead atoms. The van der Waals surface area contributed by atoms with Crippen molar-refractivity contribution in [2.24, 2.45) is 0 Å². The van der Waals surface area contributed by atoms with E-state index in [1.54, 1.807) is 19.2 Å². The van der Waals surface area contributed by atoms with Crippen LogP contribution in [0.15, 0.2) is 48.7 Å². The van der Waals surface area contributed by atoms with E-state index >= 15 is 0 Å². The number of likely N-dealkylation sites (tertiary alicyclic amines) is 1. The van der Waals surface area contributed by atoms with E-state index in [0.29, 0.717) is 18.1 Å². The van der Waals surface area contributed by atoms with Crippen molar-refractivity contribution in [3.05, 3.63) is 65.4 Å². The normalized spacial score (nSPS) is 15.3. The number of carboxylic acid groups (broad SMARTS) is 1. The predicted molar refractivity (Wildman–Crippen MR) is 126 cm³/mol. The highest BCUT2D eigenvalue weighted by Gasteiger charge is 2.24. The minimum absolute atomic E-state index is 0.353. The van der Waals surface area contributed by atoms with E-state index in [-0.39, 0.29) is 0 Å². The Labute approximate surface area is 189 Å². The standard InChI is InChI=1S/C26H32N2O4/c1-3-32-14-13-28-18-24(23-16-22(31-2)7-8-25(23)28)20-9-11-27(12-10-20)17-19-5-4-6-21(15-19)26(29)30/h4-8,15-16,18,20H,3,9-14,17H2,1-2H3,(H,29,30). The molecule has 1 aromatic heterocycles. The number of nitrogens with zero attached hydrogens (tertiary/aromatic N) is 2. The molecule has 0 aliphatic carbocycles. The fraction of sp³-hybridized carbons (Fsp3) is 0.423. The lowest BCUT2D eigenvalue weighted by molar-refractivity contribution is 0.0696. The Morgan fingerprint density at radius 3 is 2.69 bits per heavy atom. The molecule has 170 valence electrons. The van der Waals surface area contributed by atoms with Crippen LogP contribution in [0, 0.1) is 0 Å². The highest BCUT2D eigenvalue weighted by Crippen LogP contribution is 2.36. The molecule has 4 rings (SSSR count). The maximum absolute atomic E-state index is 11.3. The minimum atomic E-state index is -0.873. The van der Waals surface area contributed by atoms with Crippen LogP contribution in [-0.4, -0.2) is 54.0 Å². The summed E-state index contributed by atoms with van der Waals surface area (Å²) in [5.41, 5.74) is 4.03. The van der Waals surface area contributed by atoms with Gasteiger partial charge in [-0.15, -0.1) is 0 Å². The number of aromatic nitrogens is 1. The number of methoxy groups -OCH3 is 1. The van der Waals surface area contributed by atoms with E-state index in [1.165, 1.54) is 16.5 Å². The minimum Gasteiger partial charge on any atom is -0.497 e. The van der Waals surface area contributed by atoms with Crippen molar-refractivity contribution >= 4 is 16.9 Å². The Bertz CT molecular complexity index is 1070. The number of fused-ring (bicyclic) bond motifs is 1. The van der Waals surface area contributed by atoms with Gasteiger partial charge in [0, 0.05) is 36.8 Å². The van der Waals surface area contributed by atoms with E-state index in [0.717, 1.165) is 56.9 Å². The van der Waals surface area contributed by atoms with Crippen molar-refractivity contribution in [3.8, 4) is 5.75 Å². The summed E-state index contributed by atoms with van der Waals surface area (Å²) >= 11 is 0. The Hall–Kier alpha value is -2.83. The molecular weight excluding hydrogens is 404 g/mol. The molecule has 2 heterocycles. The van der Waals surface area contributed by atoms with Crippen LogP contribution in [0.4, 0.5) is 0 Å². The van der Waals surface area contributed by atoms with Gasteiger partial charge >= 0.3 is 5.97 Å². The molecular formula is C26H32N2O4. The Kier molecular flexibility index (Phi) is 7.12. The zero-order chi connectivity index (χ0) is 22.5. The molecule has 1 N–H and O–H groups in total. The second kappa shape index (κ2) is 10.2. The van der Waals surface area contributed by atoms with Gasteiger partial charge in [0.15, 0.2) is 0 Å². The van der Waals surface area contributed by atoms with Crippen LogP contribution in [0.2, 0.25) is 0 Å². The van der Waals surface area contributed by atoms with Gasteiger partial charge in [0.1, 0.15) is 5.75 Å². The van der Waals surface area contributed by atoms with Gasteiger partial charge < -0.3 is 19.1 Å². The third-order valence-electron chi connectivity index (χ3n) is 6.41. The summed E-state index contributed by atoms with van der Waals surface area (Å²) < 4.78 is 13.4. The molecule has 1 aliphatic rings. The molecule has 1 saturated heterocycles. The molecule has 6 nitrogen and oxygen atoms in total. The zero-order valence-electron chi connectivity index (χ0n) is 18.9. The van der Waals surface area contributed by atoms with Crippen molar-refractivity contribution in [2.75, 3.05) is 33.4 Å². The monoisotopic (exact) mass is 436 g/mol. The van der Waals surface area contributed by atoms with Crippen molar-refractivity contribution < 1.29 is 19.4 Å². The van der Waals surface area contributed by atoms with Crippen LogP contribution in [0.25, 0.3) is 10.9 Å². The van der Waals surface area contributed by atoms with E-state index < -0.39 is 5.97 Å². The Balaban J connectivity index is 1.48. The van der Waals surface area contributed by atoms with E-state index in [4.69, 9.17) is 9.47 Å². The topological polar surface area (TPSA) is 63.9 Å². The van der Waals surface area contributed by atoms with E-state index in [1.807, 2.05) is 25.1 Å². The fourth-order valence-electron chi connectivity index (χ4n) is 4.71. The van der Waals surface area contributed by atoms with Gasteiger partial charge in [0.05, 0.1) is 19.3 Å². The van der Waals surface area contributed by atoms with Crippen LogP contribution in [-0.2, 0) is 17.8 Å². The zero-order valence-corrected chi connectivity index (χ0v) is 18.9. The summed E-state index contributed by atoms with van der Waals surface area (Å²) in [6, 6.07) is 13.6. The fourth-order valence-corrected chi connectivity index (χ4v) is 4.71. The molecule has 3 aromatic rings. The van der Waals surface area contributed by atoms with Gasteiger partial charge in [-0.05, 0) is 80.2 Å². The third-order valence-corrected chi connectivity index (χ3v) is 6.41. The first-order chi connectivity index (χ1) is 15.6. The molecule has 0 spiro atoms. The summed E-state index contributed by atoms with van der Waals surface area (Å²) in [6.07, 6.45) is 4.47. The van der Waals surface area contributed by atoms with Gasteiger partial charge in [-0.1, -0.05) is 12.1 Å². The molecule has 0 unspecified atom stereocenters. The molecule has 2 aromatic carbocycles. The Morgan fingerprint density at radius 2 is 1.97 bits per heavy atom. The third kappa shape index (κ3) is 4.97. The molecule has 0 saturated carbocycles. The molecule has 6 heteroatoms. The quantitative estimate of drug-likeness (QED) is 0.490. The lowest BCUT2D eigenvalue weighted by Crippen LogP contribution is -2.32. The predicted octanol–water partition coefficient (Wildman–Crippen LogP) is 4.76. The van der Waals surface area contributed by atoms with Crippen molar-refractivity contribution in [1.29, 1.82) is 0 Å². The largest absolute Gasteiger partial charge is 0.497 e. The highest BCUT2D eigenvalue weighted by atomic mass is 16.5. The smallest absolute Gasteiger partial charge is 0.335 e. The van der Waals surface area contributed by atoms with Gasteiger partial charge in [0.25, 0.3) is 0 Å². The highest BCUT2D eigenvalue weighted by molar-refractivity contribution is 5.87. The second-order valence-corrected chi connectivity index (χ2v) is 8.41. The molecule has 32 heavy (non-hydrogen) atoms. The van der Waals surface area contributed by atoms with Gasteiger partial charge in [-0.3, -0.25) is 4.90 Å². The van der Waals surface area contributed by atoms with Crippen molar-refractivity contribution in [2.45, 2.75) is 38.8 Å². The van der Waals surface area contributed by atoms with Gasteiger partial charge in [-0.2, -0.15) is 0 Å². The number of hydrogen-bond donors (Lipinski definition) is 1. The molecule has 0 atom stereocenters. The number of ether oxygens (including phenoxy) is 2. The average Bonchev–Trinajstić information content (AvgIpc) is 3.17. The lowest BCUT2D eigenvalue weighted by Gasteiger charge is -2.32. The second-order valence-electron chi connectivity index (χ2n) is 8.41. The molecule has 0 radical (unpaired) electrons. The number of benzene rings is 2. The summed E-state index contributed by atoms with van der Waals surface area (Å²) in [5.74, 6) is 0.512. The number of carboxylic acids is 1. The van der Waals surface area contributed by atoms with E-state index in [9.17, 15) is 9.90 Å². The first-order valence-corrected chi connectivity index (χ1v) is 11.4. The number of rotatable bonds is 9. The van der Waals surface area contributed by atoms with Gasteiger partial charge in [0.2, 0.25) is 0 Å². The SMILES string of the molecule is CCOCCn1cc(C2CCN(Cc3cccc(C(=O)O)c3)CC2)c2cc(OC)ccc21. The van der Waals surface area contributed by atoms with Crippen molar-refractivity contribution in [3.63, 3.8) is 0 Å².